The quantitative estimate of drug-likeness (QED) is 0.717. The van der Waals surface area contributed by atoms with Crippen molar-refractivity contribution in [3.8, 4) is 0 Å². The van der Waals surface area contributed by atoms with E-state index in [0.717, 1.165) is 16.8 Å². The second-order valence-corrected chi connectivity index (χ2v) is 8.50. The molecule has 3 rings (SSSR count). The van der Waals surface area contributed by atoms with E-state index in [1.165, 1.54) is 16.7 Å². The van der Waals surface area contributed by atoms with Crippen molar-refractivity contribution in [3.05, 3.63) is 57.6 Å². The van der Waals surface area contributed by atoms with Crippen molar-refractivity contribution in [2.24, 2.45) is 4.99 Å². The SMILES string of the molecule is Cc1ccc(C)c(NC(=O)C[C@@H]2SC(=Nc3cccc(Cl)c3Cl)N(C)C2=O)c1. The number of hydrogen-bond acceptors (Lipinski definition) is 4. The summed E-state index contributed by atoms with van der Waals surface area (Å²) in [5.74, 6) is -0.381. The van der Waals surface area contributed by atoms with Gasteiger partial charge in [0.2, 0.25) is 11.8 Å². The van der Waals surface area contributed by atoms with E-state index in [1.807, 2.05) is 32.0 Å². The highest BCUT2D eigenvalue weighted by atomic mass is 35.5. The number of carbonyl (C=O) groups is 2. The third-order valence-corrected chi connectivity index (χ3v) is 6.36. The van der Waals surface area contributed by atoms with Gasteiger partial charge in [0.1, 0.15) is 5.25 Å². The molecule has 0 radical (unpaired) electrons. The highest BCUT2D eigenvalue weighted by molar-refractivity contribution is 8.15. The van der Waals surface area contributed by atoms with Crippen LogP contribution in [-0.4, -0.2) is 34.2 Å². The monoisotopic (exact) mass is 435 g/mol. The lowest BCUT2D eigenvalue weighted by molar-refractivity contribution is -0.127. The maximum atomic E-state index is 12.6. The van der Waals surface area contributed by atoms with Crippen LogP contribution in [-0.2, 0) is 9.59 Å². The van der Waals surface area contributed by atoms with Gasteiger partial charge in [-0.05, 0) is 43.2 Å². The molecule has 0 saturated carbocycles. The van der Waals surface area contributed by atoms with E-state index >= 15 is 0 Å². The number of aryl methyl sites for hydroxylation is 2. The molecule has 28 heavy (non-hydrogen) atoms. The van der Waals surface area contributed by atoms with E-state index in [2.05, 4.69) is 10.3 Å². The summed E-state index contributed by atoms with van der Waals surface area (Å²) < 4.78 is 0. The minimum atomic E-state index is -0.535. The first kappa shape index (κ1) is 20.7. The first-order chi connectivity index (χ1) is 13.3. The molecule has 1 atom stereocenters. The Balaban J connectivity index is 1.73. The summed E-state index contributed by atoms with van der Waals surface area (Å²) >= 11 is 13.4. The molecular formula is C20H19Cl2N3O2S. The standard InChI is InChI=1S/C20H19Cl2N3O2S/c1-11-7-8-12(2)15(9-11)23-17(26)10-16-19(27)25(3)20(28-16)24-14-6-4-5-13(21)18(14)22/h4-9,16H,10H2,1-3H3,(H,23,26)/t16-/m0/s1. The lowest BCUT2D eigenvalue weighted by atomic mass is 10.1. The number of thioether (sulfide) groups is 1. The van der Waals surface area contributed by atoms with E-state index in [0.29, 0.717) is 20.9 Å². The molecular weight excluding hydrogens is 417 g/mol. The Morgan fingerprint density at radius 3 is 2.75 bits per heavy atom. The largest absolute Gasteiger partial charge is 0.326 e. The van der Waals surface area contributed by atoms with Crippen molar-refractivity contribution in [2.75, 3.05) is 12.4 Å². The van der Waals surface area contributed by atoms with Gasteiger partial charge in [-0.15, -0.1) is 0 Å². The zero-order chi connectivity index (χ0) is 20.4. The lowest BCUT2D eigenvalue weighted by Gasteiger charge is -2.11. The van der Waals surface area contributed by atoms with Gasteiger partial charge in [-0.3, -0.25) is 14.5 Å². The number of anilines is 1. The molecule has 1 fully saturated rings. The van der Waals surface area contributed by atoms with Gasteiger partial charge in [-0.25, -0.2) is 4.99 Å². The average molecular weight is 436 g/mol. The third kappa shape index (κ3) is 4.51. The van der Waals surface area contributed by atoms with Crippen molar-refractivity contribution in [3.63, 3.8) is 0 Å². The summed E-state index contributed by atoms with van der Waals surface area (Å²) in [7, 11) is 1.63. The zero-order valence-electron chi connectivity index (χ0n) is 15.6. The van der Waals surface area contributed by atoms with E-state index in [4.69, 9.17) is 23.2 Å². The number of benzene rings is 2. The fraction of sp³-hybridized carbons (Fsp3) is 0.250. The Labute approximate surface area is 178 Å². The van der Waals surface area contributed by atoms with Gasteiger partial charge >= 0.3 is 0 Å². The van der Waals surface area contributed by atoms with Gasteiger partial charge in [0, 0.05) is 19.2 Å². The second kappa shape index (κ2) is 8.55. The number of rotatable bonds is 4. The fourth-order valence-electron chi connectivity index (χ4n) is 2.72. The minimum Gasteiger partial charge on any atom is -0.326 e. The van der Waals surface area contributed by atoms with Crippen LogP contribution < -0.4 is 5.32 Å². The average Bonchev–Trinajstić information content (AvgIpc) is 2.90. The van der Waals surface area contributed by atoms with Gasteiger partial charge in [0.15, 0.2) is 5.17 Å². The number of amides is 2. The molecule has 0 unspecified atom stereocenters. The third-order valence-electron chi connectivity index (χ3n) is 4.33. The van der Waals surface area contributed by atoms with Crippen LogP contribution in [0.4, 0.5) is 11.4 Å². The Bertz CT molecular complexity index is 978. The summed E-state index contributed by atoms with van der Waals surface area (Å²) in [5.41, 5.74) is 3.27. The van der Waals surface area contributed by atoms with Crippen molar-refractivity contribution in [2.45, 2.75) is 25.5 Å². The molecule has 2 aromatic rings. The van der Waals surface area contributed by atoms with Gasteiger partial charge in [-0.2, -0.15) is 0 Å². The number of carbonyl (C=O) groups excluding carboxylic acids is 2. The van der Waals surface area contributed by atoms with Gasteiger partial charge in [0.25, 0.3) is 0 Å². The predicted molar refractivity (Wildman–Crippen MR) is 117 cm³/mol. The number of halogens is 2. The van der Waals surface area contributed by atoms with Crippen LogP contribution in [0, 0.1) is 13.8 Å². The molecule has 0 spiro atoms. The minimum absolute atomic E-state index is 0.0590. The predicted octanol–water partition coefficient (Wildman–Crippen LogP) is 5.20. The Hall–Kier alpha value is -2.02. The van der Waals surface area contributed by atoms with Crippen LogP contribution in [0.3, 0.4) is 0 Å². The van der Waals surface area contributed by atoms with Crippen molar-refractivity contribution in [1.82, 2.24) is 4.90 Å². The smallest absolute Gasteiger partial charge is 0.242 e. The van der Waals surface area contributed by atoms with Crippen LogP contribution in [0.2, 0.25) is 10.0 Å². The van der Waals surface area contributed by atoms with Gasteiger partial charge in [-0.1, -0.05) is 53.2 Å². The van der Waals surface area contributed by atoms with Crippen LogP contribution in [0.5, 0.6) is 0 Å². The Kier molecular flexibility index (Phi) is 6.33. The molecule has 5 nitrogen and oxygen atoms in total. The topological polar surface area (TPSA) is 61.8 Å². The summed E-state index contributed by atoms with van der Waals surface area (Å²) in [4.78, 5) is 30.9. The fourth-order valence-corrected chi connectivity index (χ4v) is 4.20. The summed E-state index contributed by atoms with van der Waals surface area (Å²) in [5, 5.41) is 3.56. The maximum Gasteiger partial charge on any atom is 0.242 e. The van der Waals surface area contributed by atoms with Crippen LogP contribution >= 0.6 is 35.0 Å². The van der Waals surface area contributed by atoms with E-state index in [-0.39, 0.29) is 18.2 Å². The molecule has 1 saturated heterocycles. The second-order valence-electron chi connectivity index (χ2n) is 6.54. The molecule has 0 aromatic heterocycles. The molecule has 1 heterocycles. The first-order valence-corrected chi connectivity index (χ1v) is 10.2. The number of amidine groups is 1. The Morgan fingerprint density at radius 1 is 1.25 bits per heavy atom. The summed E-state index contributed by atoms with van der Waals surface area (Å²) in [6.45, 7) is 3.89. The molecule has 0 bridgehead atoms. The van der Waals surface area contributed by atoms with Crippen molar-refractivity contribution >= 4 is 63.3 Å². The number of aliphatic imine (C=N–C) groups is 1. The summed E-state index contributed by atoms with van der Waals surface area (Å²) in [6.07, 6.45) is 0.0590. The van der Waals surface area contributed by atoms with Crippen LogP contribution in [0.1, 0.15) is 17.5 Å². The Morgan fingerprint density at radius 2 is 2.00 bits per heavy atom. The number of nitrogens with zero attached hydrogens (tertiary/aromatic N) is 2. The molecule has 1 aliphatic rings. The van der Waals surface area contributed by atoms with Crippen molar-refractivity contribution in [1.29, 1.82) is 0 Å². The first-order valence-electron chi connectivity index (χ1n) is 8.60. The van der Waals surface area contributed by atoms with Crippen molar-refractivity contribution < 1.29 is 9.59 Å². The number of nitrogens with one attached hydrogen (secondary N) is 1. The zero-order valence-corrected chi connectivity index (χ0v) is 18.0. The number of hydrogen-bond donors (Lipinski definition) is 1. The maximum absolute atomic E-state index is 12.6. The molecule has 1 aliphatic heterocycles. The van der Waals surface area contributed by atoms with E-state index in [9.17, 15) is 9.59 Å². The van der Waals surface area contributed by atoms with E-state index in [1.54, 1.807) is 25.2 Å². The molecule has 2 amide bonds. The lowest BCUT2D eigenvalue weighted by Crippen LogP contribution is -2.30. The normalized spacial score (nSPS) is 18.0. The van der Waals surface area contributed by atoms with Gasteiger partial charge < -0.3 is 5.32 Å². The van der Waals surface area contributed by atoms with Gasteiger partial charge in [0.05, 0.1) is 15.7 Å². The highest BCUT2D eigenvalue weighted by Crippen LogP contribution is 2.36. The summed E-state index contributed by atoms with van der Waals surface area (Å²) in [6, 6.07) is 11.0. The molecule has 0 aliphatic carbocycles. The highest BCUT2D eigenvalue weighted by Gasteiger charge is 2.37. The van der Waals surface area contributed by atoms with E-state index < -0.39 is 5.25 Å². The molecule has 2 aromatic carbocycles. The molecule has 8 heteroatoms. The van der Waals surface area contributed by atoms with Crippen LogP contribution in [0.15, 0.2) is 41.4 Å². The molecule has 146 valence electrons. The van der Waals surface area contributed by atoms with Crippen LogP contribution in [0.25, 0.3) is 0 Å². The molecule has 1 N–H and O–H groups in total.